The number of amides is 1. The molecule has 0 bridgehead atoms. The number of nitrogens with one attached hydrogen (secondary N) is 1. The molecule has 2 N–H and O–H groups in total. The van der Waals surface area contributed by atoms with Crippen molar-refractivity contribution in [3.63, 3.8) is 0 Å². The number of carbonyl (C=O) groups excluding carboxylic acids is 1. The van der Waals surface area contributed by atoms with Crippen LogP contribution in [0.5, 0.6) is 0 Å². The Bertz CT molecular complexity index is 650. The van der Waals surface area contributed by atoms with Gasteiger partial charge in [0, 0.05) is 13.6 Å². The Hall–Kier alpha value is -1.87. The lowest BCUT2D eigenvalue weighted by Gasteiger charge is -2.32. The second-order valence-corrected chi connectivity index (χ2v) is 6.49. The normalized spacial score (nSPS) is 20.1. The summed E-state index contributed by atoms with van der Waals surface area (Å²) in [5, 5.41) is 10.8. The van der Waals surface area contributed by atoms with Crippen LogP contribution in [-0.4, -0.2) is 49.3 Å². The lowest BCUT2D eigenvalue weighted by molar-refractivity contribution is -0.125. The van der Waals surface area contributed by atoms with Gasteiger partial charge in [0.25, 0.3) is 10.0 Å². The monoisotopic (exact) mass is 316 g/mol. The highest BCUT2D eigenvalue weighted by molar-refractivity contribution is 7.89. The van der Waals surface area contributed by atoms with E-state index < -0.39 is 32.9 Å². The Kier molecular flexibility index (Phi) is 4.33. The summed E-state index contributed by atoms with van der Waals surface area (Å²) >= 11 is 0. The third-order valence-corrected chi connectivity index (χ3v) is 5.14. The van der Waals surface area contributed by atoms with Gasteiger partial charge in [-0.15, -0.1) is 0 Å². The van der Waals surface area contributed by atoms with Gasteiger partial charge in [-0.3, -0.25) is 4.79 Å². The molecule has 1 aromatic rings. The lowest BCUT2D eigenvalue weighted by atomic mass is 10.0. The van der Waals surface area contributed by atoms with E-state index >= 15 is 0 Å². The zero-order chi connectivity index (χ0) is 15.6. The highest BCUT2D eigenvalue weighted by Crippen LogP contribution is 2.26. The number of nitrogens with zero attached hydrogens (tertiary/aromatic N) is 1. The van der Waals surface area contributed by atoms with Crippen LogP contribution in [0.3, 0.4) is 0 Å². The summed E-state index contributed by atoms with van der Waals surface area (Å²) in [6, 6.07) is 1.37. The quantitative estimate of drug-likeness (QED) is 0.823. The predicted octanol–water partition coefficient (Wildman–Crippen LogP) is 0.267. The number of sulfonamides is 1. The molecule has 0 aliphatic carbocycles. The maximum Gasteiger partial charge on any atom is 0.371 e. The summed E-state index contributed by atoms with van der Waals surface area (Å²) in [4.78, 5) is 22.6. The molecule has 8 nitrogen and oxygen atoms in total. The van der Waals surface area contributed by atoms with Crippen LogP contribution in [0.4, 0.5) is 0 Å². The van der Waals surface area contributed by atoms with Crippen molar-refractivity contribution in [3.05, 3.63) is 17.9 Å². The van der Waals surface area contributed by atoms with E-state index in [-0.39, 0.29) is 12.5 Å². The number of furan rings is 1. The van der Waals surface area contributed by atoms with Crippen LogP contribution < -0.4 is 5.32 Å². The molecule has 9 heteroatoms. The van der Waals surface area contributed by atoms with Crippen LogP contribution in [0.2, 0.25) is 0 Å². The fourth-order valence-corrected chi connectivity index (χ4v) is 3.88. The predicted molar refractivity (Wildman–Crippen MR) is 71.3 cm³/mol. The number of likely N-dealkylation sites (N-methyl/N-ethyl adjacent to an activating group) is 1. The Balaban J connectivity index is 2.35. The number of hydrogen-bond acceptors (Lipinski definition) is 5. The first-order valence-corrected chi connectivity index (χ1v) is 7.88. The van der Waals surface area contributed by atoms with Gasteiger partial charge >= 0.3 is 5.97 Å². The lowest BCUT2D eigenvalue weighted by Crippen LogP contribution is -2.51. The van der Waals surface area contributed by atoms with Crippen LogP contribution in [0.15, 0.2) is 21.6 Å². The second-order valence-electron chi connectivity index (χ2n) is 4.67. The number of aromatic carboxylic acids is 1. The highest BCUT2D eigenvalue weighted by atomic mass is 32.2. The molecule has 2 heterocycles. The first kappa shape index (κ1) is 15.5. The minimum absolute atomic E-state index is 0.198. The minimum Gasteiger partial charge on any atom is -0.475 e. The molecule has 2 rings (SSSR count). The van der Waals surface area contributed by atoms with Crippen molar-refractivity contribution < 1.29 is 27.5 Å². The summed E-state index contributed by atoms with van der Waals surface area (Å²) in [6.45, 7) is 0.198. The van der Waals surface area contributed by atoms with E-state index in [4.69, 9.17) is 9.52 Å². The minimum atomic E-state index is -4.04. The maximum absolute atomic E-state index is 12.5. The van der Waals surface area contributed by atoms with Crippen LogP contribution in [0.25, 0.3) is 0 Å². The third kappa shape index (κ3) is 2.93. The fourth-order valence-electron chi connectivity index (χ4n) is 2.31. The molecule has 21 heavy (non-hydrogen) atoms. The van der Waals surface area contributed by atoms with E-state index in [1.54, 1.807) is 0 Å². The van der Waals surface area contributed by atoms with E-state index in [0.717, 1.165) is 22.9 Å². The standard InChI is InChI=1S/C12H16N2O6S/c1-13-11(15)8-4-2-3-7-14(8)21(18,19)10-6-5-9(20-10)12(16)17/h5-6,8H,2-4,7H2,1H3,(H,13,15)(H,16,17). The Morgan fingerprint density at radius 1 is 1.38 bits per heavy atom. The van der Waals surface area contributed by atoms with Crippen LogP contribution >= 0.6 is 0 Å². The number of carbonyl (C=O) groups is 2. The number of piperidine rings is 1. The molecular weight excluding hydrogens is 300 g/mol. The second kappa shape index (κ2) is 5.86. The van der Waals surface area contributed by atoms with Crippen LogP contribution in [0.1, 0.15) is 29.8 Å². The van der Waals surface area contributed by atoms with Crippen LogP contribution in [0, 0.1) is 0 Å². The van der Waals surface area contributed by atoms with E-state index in [9.17, 15) is 18.0 Å². The van der Waals surface area contributed by atoms with Crippen molar-refractivity contribution in [3.8, 4) is 0 Å². The Morgan fingerprint density at radius 2 is 2.10 bits per heavy atom. The van der Waals surface area contributed by atoms with Gasteiger partial charge in [-0.2, -0.15) is 4.31 Å². The third-order valence-electron chi connectivity index (χ3n) is 3.36. The molecule has 1 fully saturated rings. The van der Waals surface area contributed by atoms with E-state index in [0.29, 0.717) is 12.8 Å². The topological polar surface area (TPSA) is 117 Å². The molecule has 116 valence electrons. The van der Waals surface area contributed by atoms with Crippen molar-refractivity contribution in [2.75, 3.05) is 13.6 Å². The summed E-state index contributed by atoms with van der Waals surface area (Å²) in [5.74, 6) is -2.19. The van der Waals surface area contributed by atoms with E-state index in [1.165, 1.54) is 7.05 Å². The van der Waals surface area contributed by atoms with Gasteiger partial charge in [0.15, 0.2) is 0 Å². The number of carboxylic acids is 1. The molecule has 1 aromatic heterocycles. The molecule has 0 aromatic carbocycles. The van der Waals surface area contributed by atoms with Crippen LogP contribution in [-0.2, 0) is 14.8 Å². The summed E-state index contributed by atoms with van der Waals surface area (Å²) in [6.07, 6.45) is 1.81. The van der Waals surface area contributed by atoms with Gasteiger partial charge in [0.1, 0.15) is 6.04 Å². The zero-order valence-electron chi connectivity index (χ0n) is 11.4. The van der Waals surface area contributed by atoms with Crippen molar-refractivity contribution >= 4 is 21.9 Å². The molecule has 1 unspecified atom stereocenters. The smallest absolute Gasteiger partial charge is 0.371 e. The van der Waals surface area contributed by atoms with Crippen molar-refractivity contribution in [1.29, 1.82) is 0 Å². The first-order chi connectivity index (χ1) is 9.87. The van der Waals surface area contributed by atoms with Crippen molar-refractivity contribution in [2.45, 2.75) is 30.4 Å². The molecule has 1 aliphatic heterocycles. The largest absolute Gasteiger partial charge is 0.475 e. The number of carboxylic acid groups (broad SMARTS) is 1. The molecule has 1 atom stereocenters. The highest BCUT2D eigenvalue weighted by Gasteiger charge is 2.39. The van der Waals surface area contributed by atoms with Gasteiger partial charge in [-0.25, -0.2) is 13.2 Å². The zero-order valence-corrected chi connectivity index (χ0v) is 12.2. The van der Waals surface area contributed by atoms with E-state index in [2.05, 4.69) is 5.32 Å². The molecule has 1 amide bonds. The van der Waals surface area contributed by atoms with E-state index in [1.807, 2.05) is 0 Å². The fraction of sp³-hybridized carbons (Fsp3) is 0.500. The molecule has 0 radical (unpaired) electrons. The molecule has 0 spiro atoms. The maximum atomic E-state index is 12.5. The summed E-state index contributed by atoms with van der Waals surface area (Å²) in [7, 11) is -2.59. The molecule has 0 saturated carbocycles. The van der Waals surface area contributed by atoms with Gasteiger partial charge in [-0.05, 0) is 25.0 Å². The average Bonchev–Trinajstić information content (AvgIpc) is 2.97. The number of rotatable bonds is 4. The Labute approximate surface area is 121 Å². The summed E-state index contributed by atoms with van der Waals surface area (Å²) < 4.78 is 31.0. The van der Waals surface area contributed by atoms with Gasteiger partial charge in [-0.1, -0.05) is 6.42 Å². The first-order valence-electron chi connectivity index (χ1n) is 6.44. The molecule has 1 saturated heterocycles. The SMILES string of the molecule is CNC(=O)C1CCCCN1S(=O)(=O)c1ccc(C(=O)O)o1. The van der Waals surface area contributed by atoms with Crippen molar-refractivity contribution in [1.82, 2.24) is 9.62 Å². The number of hydrogen-bond donors (Lipinski definition) is 2. The van der Waals surface area contributed by atoms with Crippen molar-refractivity contribution in [2.24, 2.45) is 0 Å². The van der Waals surface area contributed by atoms with Gasteiger partial charge in [0.2, 0.25) is 16.8 Å². The average molecular weight is 316 g/mol. The molecule has 1 aliphatic rings. The van der Waals surface area contributed by atoms with Gasteiger partial charge < -0.3 is 14.8 Å². The van der Waals surface area contributed by atoms with Gasteiger partial charge in [0.05, 0.1) is 0 Å². The molecular formula is C12H16N2O6S. The summed E-state index contributed by atoms with van der Waals surface area (Å²) in [5.41, 5.74) is 0. The Morgan fingerprint density at radius 3 is 2.67 bits per heavy atom.